The molecule has 0 spiro atoms. The molecule has 3 N–H and O–H groups in total. The largest absolute Gasteiger partial charge is 0.398 e. The van der Waals surface area contributed by atoms with Crippen LogP contribution in [0, 0.1) is 6.92 Å². The normalized spacial score (nSPS) is 12.7. The van der Waals surface area contributed by atoms with Crippen molar-refractivity contribution in [3.63, 3.8) is 0 Å². The Kier molecular flexibility index (Phi) is 3.23. The highest BCUT2D eigenvalue weighted by molar-refractivity contribution is 7.85. The van der Waals surface area contributed by atoms with Crippen molar-refractivity contribution in [2.75, 3.05) is 5.73 Å². The van der Waals surface area contributed by atoms with Crippen molar-refractivity contribution < 1.29 is 4.21 Å². The third kappa shape index (κ3) is 2.19. The molecule has 0 amide bonds. The lowest BCUT2D eigenvalue weighted by atomic mass is 10.2. The van der Waals surface area contributed by atoms with Crippen molar-refractivity contribution in [3.05, 3.63) is 47.0 Å². The van der Waals surface area contributed by atoms with Crippen LogP contribution in [0.1, 0.15) is 5.56 Å². The van der Waals surface area contributed by atoms with Crippen molar-refractivity contribution in [1.29, 1.82) is 0 Å². The summed E-state index contributed by atoms with van der Waals surface area (Å²) >= 11 is 5.93. The molecule has 3 aromatic rings. The molecule has 1 aromatic heterocycles. The van der Waals surface area contributed by atoms with Crippen LogP contribution in [0.4, 0.5) is 5.69 Å². The second-order valence-corrected chi connectivity index (χ2v) is 6.23. The third-order valence-corrected chi connectivity index (χ3v) is 4.73. The Labute approximate surface area is 123 Å². The number of nitrogens with one attached hydrogen (secondary N) is 1. The average molecular weight is 306 g/mol. The van der Waals surface area contributed by atoms with Gasteiger partial charge in [-0.25, -0.2) is 9.19 Å². The first kappa shape index (κ1) is 13.1. The second kappa shape index (κ2) is 4.92. The van der Waals surface area contributed by atoms with Crippen LogP contribution in [0.5, 0.6) is 0 Å². The number of aryl methyl sites for hydroxylation is 1. The lowest BCUT2D eigenvalue weighted by Gasteiger charge is -2.06. The van der Waals surface area contributed by atoms with E-state index in [1.807, 2.05) is 19.1 Å². The molecule has 20 heavy (non-hydrogen) atoms. The molecule has 4 nitrogen and oxygen atoms in total. The Balaban J connectivity index is 2.13. The summed E-state index contributed by atoms with van der Waals surface area (Å²) in [5.74, 6) is 0. The van der Waals surface area contributed by atoms with Gasteiger partial charge in [0.15, 0.2) is 0 Å². The molecule has 1 atom stereocenters. The number of benzene rings is 2. The molecule has 6 heteroatoms. The van der Waals surface area contributed by atoms with E-state index in [9.17, 15) is 4.21 Å². The maximum Gasteiger partial charge on any atom is 0.202 e. The summed E-state index contributed by atoms with van der Waals surface area (Å²) in [4.78, 5) is 7.98. The third-order valence-electron chi connectivity index (χ3n) is 3.03. The molecule has 102 valence electrons. The van der Waals surface area contributed by atoms with Crippen LogP contribution in [0.3, 0.4) is 0 Å². The number of nitrogens with two attached hydrogens (primary N) is 1. The number of aromatic nitrogens is 2. The van der Waals surface area contributed by atoms with Crippen LogP contribution in [0.25, 0.3) is 11.0 Å². The van der Waals surface area contributed by atoms with Crippen molar-refractivity contribution in [2.45, 2.75) is 17.0 Å². The first-order valence-electron chi connectivity index (χ1n) is 5.98. The number of anilines is 1. The van der Waals surface area contributed by atoms with Gasteiger partial charge in [0.05, 0.1) is 15.9 Å². The summed E-state index contributed by atoms with van der Waals surface area (Å²) < 4.78 is 12.6. The highest BCUT2D eigenvalue weighted by Gasteiger charge is 2.17. The van der Waals surface area contributed by atoms with E-state index in [0.29, 0.717) is 20.8 Å². The van der Waals surface area contributed by atoms with Gasteiger partial charge >= 0.3 is 0 Å². The van der Waals surface area contributed by atoms with E-state index in [1.54, 1.807) is 24.3 Å². The fraction of sp³-hybridized carbons (Fsp3) is 0.0714. The molecule has 0 bridgehead atoms. The van der Waals surface area contributed by atoms with Crippen LogP contribution in [-0.4, -0.2) is 14.2 Å². The minimum Gasteiger partial charge on any atom is -0.398 e. The zero-order valence-electron chi connectivity index (χ0n) is 10.7. The zero-order chi connectivity index (χ0) is 14.3. The minimum absolute atomic E-state index is 0.378. The van der Waals surface area contributed by atoms with Crippen LogP contribution < -0.4 is 5.73 Å². The van der Waals surface area contributed by atoms with Gasteiger partial charge in [-0.3, -0.25) is 0 Å². The van der Waals surface area contributed by atoms with E-state index in [1.165, 1.54) is 0 Å². The molecule has 0 fully saturated rings. The van der Waals surface area contributed by atoms with Crippen LogP contribution in [-0.2, 0) is 10.8 Å². The number of nitrogens with zero attached hydrogens (tertiary/aromatic N) is 1. The van der Waals surface area contributed by atoms with E-state index < -0.39 is 10.8 Å². The monoisotopic (exact) mass is 305 g/mol. The Morgan fingerprint density at radius 1 is 1.30 bits per heavy atom. The lowest BCUT2D eigenvalue weighted by molar-refractivity contribution is 0.678. The topological polar surface area (TPSA) is 71.8 Å². The van der Waals surface area contributed by atoms with E-state index >= 15 is 0 Å². The van der Waals surface area contributed by atoms with Crippen molar-refractivity contribution in [1.82, 2.24) is 9.97 Å². The quantitative estimate of drug-likeness (QED) is 0.714. The highest BCUT2D eigenvalue weighted by Crippen LogP contribution is 2.26. The number of hydrogen-bond acceptors (Lipinski definition) is 3. The molecule has 3 rings (SSSR count). The van der Waals surface area contributed by atoms with Crippen molar-refractivity contribution in [2.24, 2.45) is 0 Å². The van der Waals surface area contributed by atoms with Crippen molar-refractivity contribution >= 4 is 39.1 Å². The summed E-state index contributed by atoms with van der Waals surface area (Å²) in [6.45, 7) is 1.88. The zero-order valence-corrected chi connectivity index (χ0v) is 12.3. The molecule has 0 radical (unpaired) electrons. The Hall–Kier alpha value is -1.85. The van der Waals surface area contributed by atoms with Gasteiger partial charge in [0.2, 0.25) is 5.16 Å². The number of fused-ring (bicyclic) bond motifs is 1. The van der Waals surface area contributed by atoms with Gasteiger partial charge in [-0.15, -0.1) is 0 Å². The molecule has 0 saturated carbocycles. The van der Waals surface area contributed by atoms with E-state index in [2.05, 4.69) is 9.97 Å². The molecular weight excluding hydrogens is 294 g/mol. The van der Waals surface area contributed by atoms with Gasteiger partial charge in [0.1, 0.15) is 10.8 Å². The number of rotatable bonds is 2. The predicted molar refractivity (Wildman–Crippen MR) is 81.4 cm³/mol. The van der Waals surface area contributed by atoms with Gasteiger partial charge in [-0.05, 0) is 36.8 Å². The fourth-order valence-electron chi connectivity index (χ4n) is 2.07. The summed E-state index contributed by atoms with van der Waals surface area (Å²) in [7, 11) is -1.44. The first-order chi connectivity index (χ1) is 9.56. The minimum atomic E-state index is -1.44. The Bertz CT molecular complexity index is 808. The van der Waals surface area contributed by atoms with E-state index in [0.717, 1.165) is 16.6 Å². The number of nitrogen functional groups attached to an aromatic ring is 1. The summed E-state index contributed by atoms with van der Waals surface area (Å²) in [6, 6.07) is 10.7. The molecule has 1 unspecified atom stereocenters. The predicted octanol–water partition coefficient (Wildman–Crippen LogP) is 3.27. The molecule has 1 heterocycles. The SMILES string of the molecule is Cc1cccc(N)c1S(=O)c1nc2ccc(Cl)cc2[nH]1. The van der Waals surface area contributed by atoms with Gasteiger partial charge in [-0.1, -0.05) is 23.7 Å². The second-order valence-electron chi connectivity index (χ2n) is 4.47. The molecule has 0 aliphatic rings. The maximum absolute atomic E-state index is 12.6. The number of halogens is 1. The van der Waals surface area contributed by atoms with Gasteiger partial charge < -0.3 is 10.7 Å². The Morgan fingerprint density at radius 3 is 2.85 bits per heavy atom. The summed E-state index contributed by atoms with van der Waals surface area (Å²) in [5.41, 5.74) is 8.78. The first-order valence-corrected chi connectivity index (χ1v) is 7.51. The van der Waals surface area contributed by atoms with Crippen LogP contribution in [0.2, 0.25) is 5.02 Å². The molecule has 0 saturated heterocycles. The molecular formula is C14H12ClN3OS. The number of hydrogen-bond donors (Lipinski definition) is 2. The summed E-state index contributed by atoms with van der Waals surface area (Å²) in [5, 5.41) is 0.983. The standard InChI is InChI=1S/C14H12ClN3OS/c1-8-3-2-4-10(16)13(8)20(19)14-17-11-6-5-9(15)7-12(11)18-14/h2-7H,16H2,1H3,(H,17,18). The lowest BCUT2D eigenvalue weighted by Crippen LogP contribution is -2.02. The van der Waals surface area contributed by atoms with Gasteiger partial charge in [-0.2, -0.15) is 0 Å². The summed E-state index contributed by atoms with van der Waals surface area (Å²) in [6.07, 6.45) is 0. The van der Waals surface area contributed by atoms with Gasteiger partial charge in [0, 0.05) is 10.7 Å². The van der Waals surface area contributed by atoms with Crippen LogP contribution >= 0.6 is 11.6 Å². The number of imidazole rings is 1. The van der Waals surface area contributed by atoms with E-state index in [4.69, 9.17) is 17.3 Å². The number of aromatic amines is 1. The van der Waals surface area contributed by atoms with Crippen LogP contribution in [0.15, 0.2) is 46.5 Å². The molecule has 0 aliphatic carbocycles. The maximum atomic E-state index is 12.6. The molecule has 2 aromatic carbocycles. The highest BCUT2D eigenvalue weighted by atomic mass is 35.5. The van der Waals surface area contributed by atoms with Gasteiger partial charge in [0.25, 0.3) is 0 Å². The Morgan fingerprint density at radius 2 is 2.10 bits per heavy atom. The molecule has 0 aliphatic heterocycles. The number of H-pyrrole nitrogens is 1. The van der Waals surface area contributed by atoms with E-state index in [-0.39, 0.29) is 0 Å². The fourth-order valence-corrected chi connectivity index (χ4v) is 3.46. The smallest absolute Gasteiger partial charge is 0.202 e. The van der Waals surface area contributed by atoms with Crippen molar-refractivity contribution in [3.8, 4) is 0 Å². The average Bonchev–Trinajstić information content (AvgIpc) is 2.81.